The number of hydrogen-bond donors (Lipinski definition) is 0. The topological polar surface area (TPSA) is 57.5 Å². The fourth-order valence-electron chi connectivity index (χ4n) is 1.31. The molecular weight excluding hydrogens is 222 g/mol. The Bertz CT molecular complexity index is 425. The van der Waals surface area contributed by atoms with Crippen molar-refractivity contribution in [3.05, 3.63) is 28.7 Å². The van der Waals surface area contributed by atoms with Crippen LogP contribution in [0.2, 0.25) is 0 Å². The molecule has 5 heteroatoms. The number of carbonyl (C=O) groups is 1. The minimum Gasteiger partial charge on any atom is -0.491 e. The Morgan fingerprint density at radius 1 is 1.47 bits per heavy atom. The first-order valence-corrected chi connectivity index (χ1v) is 5.58. The van der Waals surface area contributed by atoms with Gasteiger partial charge in [0.15, 0.2) is 5.75 Å². The van der Waals surface area contributed by atoms with Crippen LogP contribution in [-0.4, -0.2) is 24.3 Å². The molecule has 17 heavy (non-hydrogen) atoms. The number of unbranched alkanes of at least 4 members (excludes halogenated alkanes) is 1. The van der Waals surface area contributed by atoms with Crippen LogP contribution in [0.3, 0.4) is 0 Å². The fourth-order valence-corrected chi connectivity index (χ4v) is 1.31. The number of methoxy groups -OCH3 is 1. The minimum absolute atomic E-state index is 0.0836. The summed E-state index contributed by atoms with van der Waals surface area (Å²) >= 11 is 0. The normalized spacial score (nSPS) is 10.0. The van der Waals surface area contributed by atoms with Crippen molar-refractivity contribution >= 4 is 5.97 Å². The Hall–Kier alpha value is -1.78. The van der Waals surface area contributed by atoms with E-state index >= 15 is 0 Å². The summed E-state index contributed by atoms with van der Waals surface area (Å²) in [7, 11) is 1.42. The van der Waals surface area contributed by atoms with Gasteiger partial charge in [-0.25, -0.2) is 0 Å². The average molecular weight is 239 g/mol. The van der Waals surface area contributed by atoms with Crippen molar-refractivity contribution in [2.75, 3.05) is 13.7 Å². The highest BCUT2D eigenvalue weighted by Gasteiger charge is 2.08. The van der Waals surface area contributed by atoms with Crippen molar-refractivity contribution in [2.45, 2.75) is 26.3 Å². The van der Waals surface area contributed by atoms with Crippen molar-refractivity contribution in [1.82, 2.24) is 4.57 Å². The van der Waals surface area contributed by atoms with Crippen molar-refractivity contribution in [2.24, 2.45) is 0 Å². The molecule has 0 radical (unpaired) electrons. The third kappa shape index (κ3) is 3.94. The molecule has 0 aromatic carbocycles. The van der Waals surface area contributed by atoms with Gasteiger partial charge in [0.2, 0.25) is 0 Å². The summed E-state index contributed by atoms with van der Waals surface area (Å²) in [6.07, 6.45) is 3.33. The van der Waals surface area contributed by atoms with Crippen molar-refractivity contribution in [1.29, 1.82) is 0 Å². The summed E-state index contributed by atoms with van der Waals surface area (Å²) in [6.45, 7) is 2.33. The highest BCUT2D eigenvalue weighted by Crippen LogP contribution is 2.00. The molecule has 1 rings (SSSR count). The van der Waals surface area contributed by atoms with E-state index in [-0.39, 0.29) is 17.9 Å². The van der Waals surface area contributed by atoms with Crippen LogP contribution in [-0.2, 0) is 16.1 Å². The van der Waals surface area contributed by atoms with Crippen molar-refractivity contribution < 1.29 is 14.3 Å². The van der Waals surface area contributed by atoms with Crippen molar-refractivity contribution in [3.63, 3.8) is 0 Å². The van der Waals surface area contributed by atoms with Crippen LogP contribution in [0, 0.1) is 0 Å². The second-order valence-corrected chi connectivity index (χ2v) is 3.58. The number of ether oxygens (including phenoxy) is 2. The summed E-state index contributed by atoms with van der Waals surface area (Å²) in [5.41, 5.74) is -0.331. The molecule has 0 unspecified atom stereocenters. The van der Waals surface area contributed by atoms with E-state index in [4.69, 9.17) is 9.47 Å². The lowest BCUT2D eigenvalue weighted by atomic mass is 10.4. The maximum Gasteiger partial charge on any atom is 0.326 e. The maximum absolute atomic E-state index is 11.7. The number of carbonyl (C=O) groups excluding carboxylic acids is 1. The summed E-state index contributed by atoms with van der Waals surface area (Å²) in [5.74, 6) is -0.192. The van der Waals surface area contributed by atoms with Crippen LogP contribution >= 0.6 is 0 Å². The second kappa shape index (κ2) is 6.73. The number of esters is 1. The molecule has 0 aliphatic carbocycles. The molecule has 0 bridgehead atoms. The molecule has 0 atom stereocenters. The quantitative estimate of drug-likeness (QED) is 0.553. The number of rotatable bonds is 6. The second-order valence-electron chi connectivity index (χ2n) is 3.58. The molecular formula is C12H17NO4. The van der Waals surface area contributed by atoms with Gasteiger partial charge in [-0.05, 0) is 18.6 Å². The zero-order valence-electron chi connectivity index (χ0n) is 10.1. The highest BCUT2D eigenvalue weighted by molar-refractivity contribution is 5.69. The first kappa shape index (κ1) is 13.3. The molecule has 1 heterocycles. The zero-order chi connectivity index (χ0) is 12.7. The lowest BCUT2D eigenvalue weighted by molar-refractivity contribution is -0.144. The van der Waals surface area contributed by atoms with Gasteiger partial charge in [-0.1, -0.05) is 13.3 Å². The average Bonchev–Trinajstić information content (AvgIpc) is 2.32. The Morgan fingerprint density at radius 3 is 2.88 bits per heavy atom. The Morgan fingerprint density at radius 2 is 2.24 bits per heavy atom. The van der Waals surface area contributed by atoms with E-state index in [0.29, 0.717) is 6.61 Å². The van der Waals surface area contributed by atoms with Crippen LogP contribution in [0.15, 0.2) is 23.1 Å². The first-order chi connectivity index (χ1) is 8.19. The summed E-state index contributed by atoms with van der Waals surface area (Å²) in [6, 6.07) is 3.21. The Labute approximate surface area is 100.0 Å². The van der Waals surface area contributed by atoms with E-state index in [9.17, 15) is 9.59 Å². The zero-order valence-corrected chi connectivity index (χ0v) is 10.1. The van der Waals surface area contributed by atoms with Gasteiger partial charge in [-0.3, -0.25) is 9.59 Å². The van der Waals surface area contributed by atoms with Gasteiger partial charge in [0.25, 0.3) is 5.56 Å². The van der Waals surface area contributed by atoms with Gasteiger partial charge in [-0.15, -0.1) is 0 Å². The van der Waals surface area contributed by atoms with Gasteiger partial charge in [0.1, 0.15) is 6.54 Å². The van der Waals surface area contributed by atoms with Crippen LogP contribution in [0.1, 0.15) is 19.8 Å². The molecule has 0 N–H and O–H groups in total. The van der Waals surface area contributed by atoms with Crippen LogP contribution in [0.25, 0.3) is 0 Å². The fraction of sp³-hybridized carbons (Fsp3) is 0.500. The monoisotopic (exact) mass is 239 g/mol. The lowest BCUT2D eigenvalue weighted by Gasteiger charge is -2.07. The predicted octanol–water partition coefficient (Wildman–Crippen LogP) is 1.20. The lowest BCUT2D eigenvalue weighted by Crippen LogP contribution is -2.25. The summed E-state index contributed by atoms with van der Waals surface area (Å²) in [5, 5.41) is 0. The standard InChI is InChI=1S/C12H17NO4/c1-3-4-8-17-11(14)9-13-7-5-6-10(16-2)12(13)15/h5-7H,3-4,8-9H2,1-2H3. The predicted molar refractivity (Wildman–Crippen MR) is 63.1 cm³/mol. The minimum atomic E-state index is -0.409. The van der Waals surface area contributed by atoms with Gasteiger partial charge in [0.05, 0.1) is 13.7 Å². The Kier molecular flexibility index (Phi) is 5.26. The first-order valence-electron chi connectivity index (χ1n) is 5.58. The van der Waals surface area contributed by atoms with E-state index < -0.39 is 5.97 Å². The van der Waals surface area contributed by atoms with Gasteiger partial charge in [-0.2, -0.15) is 0 Å². The Balaban J connectivity index is 2.62. The van der Waals surface area contributed by atoms with E-state index in [0.717, 1.165) is 12.8 Å². The third-order valence-corrected chi connectivity index (χ3v) is 2.27. The molecule has 0 aliphatic rings. The summed E-state index contributed by atoms with van der Waals surface area (Å²) < 4.78 is 11.1. The molecule has 0 aliphatic heterocycles. The molecule has 5 nitrogen and oxygen atoms in total. The summed E-state index contributed by atoms with van der Waals surface area (Å²) in [4.78, 5) is 23.1. The molecule has 0 saturated heterocycles. The number of nitrogens with zero attached hydrogens (tertiary/aromatic N) is 1. The molecule has 1 aromatic rings. The van der Waals surface area contributed by atoms with Crippen LogP contribution in [0.5, 0.6) is 5.75 Å². The van der Waals surface area contributed by atoms with Gasteiger partial charge in [0, 0.05) is 6.20 Å². The van der Waals surface area contributed by atoms with Crippen molar-refractivity contribution in [3.8, 4) is 5.75 Å². The highest BCUT2D eigenvalue weighted by atomic mass is 16.5. The number of hydrogen-bond acceptors (Lipinski definition) is 4. The smallest absolute Gasteiger partial charge is 0.326 e. The van der Waals surface area contributed by atoms with E-state index in [1.54, 1.807) is 12.1 Å². The van der Waals surface area contributed by atoms with E-state index in [2.05, 4.69) is 0 Å². The van der Waals surface area contributed by atoms with Gasteiger partial charge < -0.3 is 14.0 Å². The maximum atomic E-state index is 11.7. The van der Waals surface area contributed by atoms with Crippen LogP contribution < -0.4 is 10.3 Å². The molecule has 0 saturated carbocycles. The third-order valence-electron chi connectivity index (χ3n) is 2.27. The largest absolute Gasteiger partial charge is 0.491 e. The van der Waals surface area contributed by atoms with Gasteiger partial charge >= 0.3 is 5.97 Å². The molecule has 0 amide bonds. The molecule has 0 spiro atoms. The number of pyridine rings is 1. The molecule has 94 valence electrons. The van der Waals surface area contributed by atoms with Crippen LogP contribution in [0.4, 0.5) is 0 Å². The number of aromatic nitrogens is 1. The van der Waals surface area contributed by atoms with E-state index in [1.807, 2.05) is 6.92 Å². The molecule has 1 aromatic heterocycles. The molecule has 0 fully saturated rings. The SMILES string of the molecule is CCCCOC(=O)Cn1cccc(OC)c1=O. The van der Waals surface area contributed by atoms with E-state index in [1.165, 1.54) is 17.9 Å².